The Labute approximate surface area is 106 Å². The van der Waals surface area contributed by atoms with E-state index in [-0.39, 0.29) is 5.91 Å². The number of carbonyl (C=O) groups excluding carboxylic acids is 1. The molecule has 86 valence electrons. The van der Waals surface area contributed by atoms with E-state index in [0.717, 1.165) is 0 Å². The van der Waals surface area contributed by atoms with Gasteiger partial charge in [-0.3, -0.25) is 9.78 Å². The summed E-state index contributed by atoms with van der Waals surface area (Å²) in [6, 6.07) is 7.27. The Kier molecular flexibility index (Phi) is 3.49. The second-order valence-electron chi connectivity index (χ2n) is 3.31. The van der Waals surface area contributed by atoms with Crippen LogP contribution in [0.4, 0.5) is 10.1 Å². The van der Waals surface area contributed by atoms with E-state index in [1.165, 1.54) is 18.2 Å². The highest BCUT2D eigenvalue weighted by atomic mass is 79.9. The van der Waals surface area contributed by atoms with E-state index in [4.69, 9.17) is 0 Å². The topological polar surface area (TPSA) is 42.0 Å². The highest BCUT2D eigenvalue weighted by Gasteiger charge is 2.10. The summed E-state index contributed by atoms with van der Waals surface area (Å²) in [6.45, 7) is 0. The first-order chi connectivity index (χ1) is 8.16. The van der Waals surface area contributed by atoms with Crippen LogP contribution in [0.3, 0.4) is 0 Å². The highest BCUT2D eigenvalue weighted by molar-refractivity contribution is 9.10. The van der Waals surface area contributed by atoms with E-state index in [0.29, 0.717) is 15.7 Å². The van der Waals surface area contributed by atoms with Gasteiger partial charge in [-0.2, -0.15) is 0 Å². The third-order valence-corrected chi connectivity index (χ3v) is 2.77. The molecule has 1 aromatic carbocycles. The maximum absolute atomic E-state index is 12.9. The summed E-state index contributed by atoms with van der Waals surface area (Å²) in [5, 5.41) is 2.69. The molecule has 0 fully saturated rings. The van der Waals surface area contributed by atoms with Gasteiger partial charge >= 0.3 is 0 Å². The Bertz CT molecular complexity index is 545. The largest absolute Gasteiger partial charge is 0.322 e. The molecule has 2 rings (SSSR count). The molecule has 2 aromatic rings. The van der Waals surface area contributed by atoms with Crippen molar-refractivity contribution in [2.45, 2.75) is 0 Å². The summed E-state index contributed by atoms with van der Waals surface area (Å²) in [4.78, 5) is 15.7. The molecule has 0 spiro atoms. The summed E-state index contributed by atoms with van der Waals surface area (Å²) >= 11 is 3.15. The minimum absolute atomic E-state index is 0.303. The second kappa shape index (κ2) is 5.05. The fourth-order valence-electron chi connectivity index (χ4n) is 1.31. The second-order valence-corrected chi connectivity index (χ2v) is 4.17. The number of hydrogen-bond acceptors (Lipinski definition) is 2. The minimum atomic E-state index is -0.391. The predicted molar refractivity (Wildman–Crippen MR) is 66.3 cm³/mol. The molecule has 0 aliphatic rings. The van der Waals surface area contributed by atoms with E-state index in [9.17, 15) is 9.18 Å². The number of benzene rings is 1. The molecular formula is C12H8BrFN2O. The number of anilines is 1. The standard InChI is InChI=1S/C12H8BrFN2O/c13-11-7-8(14)1-2-10(11)12(17)16-9-3-5-15-6-4-9/h1-7H,(H,15,16,17). The zero-order chi connectivity index (χ0) is 12.3. The van der Waals surface area contributed by atoms with Crippen LogP contribution in [0.15, 0.2) is 47.2 Å². The molecule has 1 aromatic heterocycles. The normalized spacial score (nSPS) is 10.0. The van der Waals surface area contributed by atoms with Crippen molar-refractivity contribution in [3.63, 3.8) is 0 Å². The molecule has 0 unspecified atom stereocenters. The van der Waals surface area contributed by atoms with Gasteiger partial charge in [-0.05, 0) is 46.3 Å². The Morgan fingerprint density at radius 1 is 1.24 bits per heavy atom. The number of nitrogens with one attached hydrogen (secondary N) is 1. The molecule has 1 amide bonds. The molecule has 0 atom stereocenters. The van der Waals surface area contributed by atoms with Gasteiger partial charge in [-0.25, -0.2) is 4.39 Å². The van der Waals surface area contributed by atoms with Crippen LogP contribution in [0.25, 0.3) is 0 Å². The number of rotatable bonds is 2. The van der Waals surface area contributed by atoms with Crippen LogP contribution < -0.4 is 5.32 Å². The Morgan fingerprint density at radius 3 is 2.59 bits per heavy atom. The first-order valence-corrected chi connectivity index (χ1v) is 5.62. The molecule has 0 bridgehead atoms. The quantitative estimate of drug-likeness (QED) is 0.924. The van der Waals surface area contributed by atoms with E-state index in [1.807, 2.05) is 0 Å². The first-order valence-electron chi connectivity index (χ1n) is 4.83. The summed E-state index contributed by atoms with van der Waals surface area (Å²) < 4.78 is 13.3. The van der Waals surface area contributed by atoms with Crippen molar-refractivity contribution in [1.29, 1.82) is 0 Å². The Hall–Kier alpha value is -1.75. The van der Waals surface area contributed by atoms with E-state index in [1.54, 1.807) is 24.5 Å². The van der Waals surface area contributed by atoms with Crippen molar-refractivity contribution in [2.24, 2.45) is 0 Å². The zero-order valence-corrected chi connectivity index (χ0v) is 10.2. The van der Waals surface area contributed by atoms with Gasteiger partial charge in [0.25, 0.3) is 5.91 Å². The predicted octanol–water partition coefficient (Wildman–Crippen LogP) is 3.24. The van der Waals surface area contributed by atoms with Gasteiger partial charge in [0.1, 0.15) is 5.82 Å². The van der Waals surface area contributed by atoms with Gasteiger partial charge in [0, 0.05) is 22.6 Å². The lowest BCUT2D eigenvalue weighted by Crippen LogP contribution is -2.12. The number of nitrogens with zero attached hydrogens (tertiary/aromatic N) is 1. The number of aromatic nitrogens is 1. The van der Waals surface area contributed by atoms with Crippen LogP contribution in [0, 0.1) is 5.82 Å². The van der Waals surface area contributed by atoms with Crippen LogP contribution in [-0.2, 0) is 0 Å². The maximum atomic E-state index is 12.9. The van der Waals surface area contributed by atoms with Crippen LogP contribution in [0.2, 0.25) is 0 Å². The molecule has 0 aliphatic heterocycles. The third kappa shape index (κ3) is 2.88. The fraction of sp³-hybridized carbons (Fsp3) is 0. The summed E-state index contributed by atoms with van der Waals surface area (Å²) in [5.74, 6) is -0.694. The number of amides is 1. The van der Waals surface area contributed by atoms with Crippen molar-refractivity contribution in [3.05, 3.63) is 58.6 Å². The highest BCUT2D eigenvalue weighted by Crippen LogP contribution is 2.19. The SMILES string of the molecule is O=C(Nc1ccncc1)c1ccc(F)cc1Br. The molecule has 17 heavy (non-hydrogen) atoms. The van der Waals surface area contributed by atoms with Crippen molar-refractivity contribution in [2.75, 3.05) is 5.32 Å². The number of carbonyl (C=O) groups is 1. The van der Waals surface area contributed by atoms with Crippen molar-refractivity contribution >= 4 is 27.5 Å². The Balaban J connectivity index is 2.21. The van der Waals surface area contributed by atoms with E-state index < -0.39 is 5.82 Å². The number of hydrogen-bond donors (Lipinski definition) is 1. The molecule has 3 nitrogen and oxygen atoms in total. The summed E-state index contributed by atoms with van der Waals surface area (Å²) in [6.07, 6.45) is 3.16. The van der Waals surface area contributed by atoms with Gasteiger partial charge in [-0.15, -0.1) is 0 Å². The van der Waals surface area contributed by atoms with E-state index in [2.05, 4.69) is 26.2 Å². The lowest BCUT2D eigenvalue weighted by atomic mass is 10.2. The smallest absolute Gasteiger partial charge is 0.256 e. The van der Waals surface area contributed by atoms with Gasteiger partial charge in [-0.1, -0.05) is 0 Å². The van der Waals surface area contributed by atoms with Crippen LogP contribution in [-0.4, -0.2) is 10.9 Å². The molecule has 1 N–H and O–H groups in total. The van der Waals surface area contributed by atoms with Crippen molar-refractivity contribution < 1.29 is 9.18 Å². The summed E-state index contributed by atoms with van der Waals surface area (Å²) in [7, 11) is 0. The van der Waals surface area contributed by atoms with Crippen LogP contribution >= 0.6 is 15.9 Å². The Morgan fingerprint density at radius 2 is 1.94 bits per heavy atom. The number of halogens is 2. The van der Waals surface area contributed by atoms with Crippen molar-refractivity contribution in [1.82, 2.24) is 4.98 Å². The molecule has 0 saturated heterocycles. The lowest BCUT2D eigenvalue weighted by Gasteiger charge is -2.06. The monoisotopic (exact) mass is 294 g/mol. The van der Waals surface area contributed by atoms with Gasteiger partial charge in [0.2, 0.25) is 0 Å². The zero-order valence-electron chi connectivity index (χ0n) is 8.65. The lowest BCUT2D eigenvalue weighted by molar-refractivity contribution is 0.102. The fourth-order valence-corrected chi connectivity index (χ4v) is 1.84. The number of pyridine rings is 1. The van der Waals surface area contributed by atoms with Crippen LogP contribution in [0.5, 0.6) is 0 Å². The molecule has 0 radical (unpaired) electrons. The average Bonchev–Trinajstić information content (AvgIpc) is 2.30. The molecule has 1 heterocycles. The summed E-state index contributed by atoms with van der Waals surface area (Å²) in [5.41, 5.74) is 1.02. The molecule has 0 aliphatic carbocycles. The molecule has 5 heteroatoms. The molecular weight excluding hydrogens is 287 g/mol. The minimum Gasteiger partial charge on any atom is -0.322 e. The average molecular weight is 295 g/mol. The van der Waals surface area contributed by atoms with Crippen LogP contribution in [0.1, 0.15) is 10.4 Å². The first kappa shape index (κ1) is 11.7. The molecule has 0 saturated carbocycles. The van der Waals surface area contributed by atoms with Crippen molar-refractivity contribution in [3.8, 4) is 0 Å². The third-order valence-electron chi connectivity index (χ3n) is 2.11. The van der Waals surface area contributed by atoms with Gasteiger partial charge in [0.15, 0.2) is 0 Å². The maximum Gasteiger partial charge on any atom is 0.256 e. The van der Waals surface area contributed by atoms with Gasteiger partial charge in [0.05, 0.1) is 5.56 Å². The van der Waals surface area contributed by atoms with E-state index >= 15 is 0 Å². The van der Waals surface area contributed by atoms with Gasteiger partial charge < -0.3 is 5.32 Å².